The molecule has 184 valence electrons. The molecule has 0 aliphatic heterocycles. The number of amides is 2. The Hall–Kier alpha value is -2.04. The van der Waals surface area contributed by atoms with Gasteiger partial charge in [-0.05, 0) is 60.4 Å². The first-order valence-corrected chi connectivity index (χ1v) is 13.2. The molecule has 0 aromatic heterocycles. The van der Waals surface area contributed by atoms with Crippen LogP contribution in [0.1, 0.15) is 81.9 Å². The zero-order valence-corrected chi connectivity index (χ0v) is 22.0. The van der Waals surface area contributed by atoms with Crippen LogP contribution in [-0.4, -0.2) is 28.8 Å². The summed E-state index contributed by atoms with van der Waals surface area (Å²) in [6.45, 7) is 6.61. The van der Waals surface area contributed by atoms with Gasteiger partial charge in [0, 0.05) is 19.0 Å². The van der Waals surface area contributed by atoms with Crippen molar-refractivity contribution in [2.24, 2.45) is 0 Å². The van der Waals surface area contributed by atoms with Crippen molar-refractivity contribution in [3.05, 3.63) is 69.2 Å². The fourth-order valence-corrected chi connectivity index (χ4v) is 4.91. The van der Waals surface area contributed by atoms with Gasteiger partial charge in [0.25, 0.3) is 0 Å². The quantitative estimate of drug-likeness (QED) is 0.383. The number of aryl methyl sites for hydroxylation is 1. The molecule has 34 heavy (non-hydrogen) atoms. The Morgan fingerprint density at radius 3 is 2.24 bits per heavy atom. The lowest BCUT2D eigenvalue weighted by molar-refractivity contribution is -0.141. The summed E-state index contributed by atoms with van der Waals surface area (Å²) in [5, 5.41) is 4.10. The summed E-state index contributed by atoms with van der Waals surface area (Å²) in [6, 6.07) is 13.5. The van der Waals surface area contributed by atoms with Crippen LogP contribution in [0.25, 0.3) is 0 Å². The third-order valence-corrected chi connectivity index (χ3v) is 7.44. The Balaban J connectivity index is 1.76. The van der Waals surface area contributed by atoms with Gasteiger partial charge < -0.3 is 10.2 Å². The van der Waals surface area contributed by atoms with Crippen molar-refractivity contribution in [3.63, 3.8) is 0 Å². The second kappa shape index (κ2) is 12.6. The van der Waals surface area contributed by atoms with Crippen molar-refractivity contribution in [2.75, 3.05) is 0 Å². The molecule has 0 bridgehead atoms. The van der Waals surface area contributed by atoms with Gasteiger partial charge >= 0.3 is 0 Å². The highest BCUT2D eigenvalue weighted by molar-refractivity contribution is 6.42. The van der Waals surface area contributed by atoms with Gasteiger partial charge in [-0.2, -0.15) is 0 Å². The fourth-order valence-electron chi connectivity index (χ4n) is 4.59. The lowest BCUT2D eigenvalue weighted by atomic mass is 10.00. The molecule has 0 spiro atoms. The Labute approximate surface area is 214 Å². The topological polar surface area (TPSA) is 49.4 Å². The number of hydrogen-bond donors (Lipinski definition) is 1. The van der Waals surface area contributed by atoms with Gasteiger partial charge in [-0.3, -0.25) is 9.59 Å². The molecule has 6 heteroatoms. The molecule has 2 amide bonds. The first kappa shape index (κ1) is 26.6. The zero-order chi connectivity index (χ0) is 24.7. The van der Waals surface area contributed by atoms with E-state index < -0.39 is 6.04 Å². The van der Waals surface area contributed by atoms with Gasteiger partial charge in [0.2, 0.25) is 11.8 Å². The lowest BCUT2D eigenvalue weighted by Gasteiger charge is -2.31. The van der Waals surface area contributed by atoms with Crippen LogP contribution in [-0.2, 0) is 22.6 Å². The third-order valence-electron chi connectivity index (χ3n) is 6.70. The van der Waals surface area contributed by atoms with Gasteiger partial charge in [-0.15, -0.1) is 0 Å². The summed E-state index contributed by atoms with van der Waals surface area (Å²) in [4.78, 5) is 28.4. The normalized spacial score (nSPS) is 14.9. The van der Waals surface area contributed by atoms with E-state index in [9.17, 15) is 9.59 Å². The van der Waals surface area contributed by atoms with Crippen molar-refractivity contribution >= 4 is 35.0 Å². The minimum Gasteiger partial charge on any atom is -0.352 e. The second-order valence-electron chi connectivity index (χ2n) is 9.58. The van der Waals surface area contributed by atoms with Crippen LogP contribution in [0.4, 0.5) is 0 Å². The van der Waals surface area contributed by atoms with Gasteiger partial charge in [-0.25, -0.2) is 0 Å². The summed E-state index contributed by atoms with van der Waals surface area (Å²) in [6.07, 6.45) is 5.83. The average Bonchev–Trinajstić information content (AvgIpc) is 3.33. The smallest absolute Gasteiger partial charge is 0.243 e. The van der Waals surface area contributed by atoms with E-state index in [-0.39, 0.29) is 17.9 Å². The number of benzene rings is 2. The van der Waals surface area contributed by atoms with Gasteiger partial charge in [-0.1, -0.05) is 87.1 Å². The van der Waals surface area contributed by atoms with Crippen LogP contribution < -0.4 is 5.32 Å². The van der Waals surface area contributed by atoms with E-state index in [0.29, 0.717) is 41.8 Å². The molecule has 0 saturated heterocycles. The van der Waals surface area contributed by atoms with E-state index in [1.165, 1.54) is 5.56 Å². The van der Waals surface area contributed by atoms with Crippen LogP contribution in [0, 0.1) is 0 Å². The Kier molecular flexibility index (Phi) is 9.85. The number of carbonyl (C=O) groups excluding carboxylic acids is 2. The van der Waals surface area contributed by atoms with Crippen molar-refractivity contribution in [1.29, 1.82) is 0 Å². The minimum absolute atomic E-state index is 0.0348. The van der Waals surface area contributed by atoms with E-state index in [1.807, 2.05) is 13.0 Å². The molecule has 1 unspecified atom stereocenters. The van der Waals surface area contributed by atoms with E-state index in [0.717, 1.165) is 36.8 Å². The molecule has 1 saturated carbocycles. The van der Waals surface area contributed by atoms with E-state index in [4.69, 9.17) is 23.2 Å². The highest BCUT2D eigenvalue weighted by Gasteiger charge is 2.30. The molecule has 0 heterocycles. The maximum atomic E-state index is 13.5. The predicted octanol–water partition coefficient (Wildman–Crippen LogP) is 6.92. The molecule has 2 aromatic carbocycles. The van der Waals surface area contributed by atoms with Gasteiger partial charge in [0.1, 0.15) is 6.04 Å². The Morgan fingerprint density at radius 1 is 1.00 bits per heavy atom. The number of nitrogens with one attached hydrogen (secondary N) is 1. The largest absolute Gasteiger partial charge is 0.352 e. The minimum atomic E-state index is -0.522. The van der Waals surface area contributed by atoms with Crippen molar-refractivity contribution in [2.45, 2.75) is 90.3 Å². The van der Waals surface area contributed by atoms with Crippen molar-refractivity contribution in [1.82, 2.24) is 10.2 Å². The molecule has 1 aliphatic rings. The van der Waals surface area contributed by atoms with E-state index in [2.05, 4.69) is 43.4 Å². The Morgan fingerprint density at radius 2 is 1.65 bits per heavy atom. The molecule has 3 rings (SSSR count). The zero-order valence-electron chi connectivity index (χ0n) is 20.4. The fraction of sp³-hybridized carbons (Fsp3) is 0.500. The number of carbonyl (C=O) groups is 2. The molecule has 1 fully saturated rings. The predicted molar refractivity (Wildman–Crippen MR) is 140 cm³/mol. The third kappa shape index (κ3) is 7.23. The maximum absolute atomic E-state index is 13.5. The van der Waals surface area contributed by atoms with Crippen LogP contribution >= 0.6 is 23.2 Å². The SMILES string of the molecule is CCC(C(=O)NC1CCCC1)N(Cc1ccc(Cl)c(Cl)c1)C(=O)CCc1ccc(C(C)C)cc1. The number of halogens is 2. The van der Waals surface area contributed by atoms with Crippen LogP contribution in [0.15, 0.2) is 42.5 Å². The van der Waals surface area contributed by atoms with Crippen LogP contribution in [0.3, 0.4) is 0 Å². The molecule has 2 aromatic rings. The molecule has 1 aliphatic carbocycles. The summed E-state index contributed by atoms with van der Waals surface area (Å²) >= 11 is 12.3. The summed E-state index contributed by atoms with van der Waals surface area (Å²) < 4.78 is 0. The number of nitrogens with zero attached hydrogens (tertiary/aromatic N) is 1. The number of hydrogen-bond acceptors (Lipinski definition) is 2. The molecule has 1 atom stereocenters. The molecular formula is C28H36Cl2N2O2. The van der Waals surface area contributed by atoms with Gasteiger partial charge in [0.05, 0.1) is 10.0 Å². The maximum Gasteiger partial charge on any atom is 0.243 e. The molecular weight excluding hydrogens is 467 g/mol. The summed E-state index contributed by atoms with van der Waals surface area (Å²) in [5.41, 5.74) is 3.26. The molecule has 0 radical (unpaired) electrons. The second-order valence-corrected chi connectivity index (χ2v) is 10.4. The van der Waals surface area contributed by atoms with Crippen LogP contribution in [0.5, 0.6) is 0 Å². The first-order valence-electron chi connectivity index (χ1n) is 12.4. The first-order chi connectivity index (χ1) is 16.3. The number of rotatable bonds is 10. The van der Waals surface area contributed by atoms with Gasteiger partial charge in [0.15, 0.2) is 0 Å². The standard InChI is InChI=1S/C28H36Cl2N2O2/c1-4-26(28(34)31-23-7-5-6-8-23)32(18-21-11-15-24(29)25(30)17-21)27(33)16-12-20-9-13-22(14-10-20)19(2)3/h9-11,13-15,17,19,23,26H,4-8,12,16,18H2,1-3H3,(H,31,34). The van der Waals surface area contributed by atoms with E-state index >= 15 is 0 Å². The van der Waals surface area contributed by atoms with Crippen molar-refractivity contribution in [3.8, 4) is 0 Å². The van der Waals surface area contributed by atoms with E-state index in [1.54, 1.807) is 17.0 Å². The highest BCUT2D eigenvalue weighted by atomic mass is 35.5. The molecule has 4 nitrogen and oxygen atoms in total. The monoisotopic (exact) mass is 502 g/mol. The summed E-state index contributed by atoms with van der Waals surface area (Å²) in [7, 11) is 0. The highest BCUT2D eigenvalue weighted by Crippen LogP contribution is 2.25. The summed E-state index contributed by atoms with van der Waals surface area (Å²) in [5.74, 6) is 0.373. The Bertz CT molecular complexity index is 969. The lowest BCUT2D eigenvalue weighted by Crippen LogP contribution is -2.51. The van der Waals surface area contributed by atoms with Crippen molar-refractivity contribution < 1.29 is 9.59 Å². The average molecular weight is 504 g/mol. The molecule has 1 N–H and O–H groups in total. The van der Waals surface area contributed by atoms with Crippen LogP contribution in [0.2, 0.25) is 10.0 Å².